The molecule has 4 nitrogen and oxygen atoms in total. The molecule has 1 unspecified atom stereocenters. The van der Waals surface area contributed by atoms with E-state index >= 15 is 0 Å². The van der Waals surface area contributed by atoms with E-state index in [2.05, 4.69) is 0 Å². The zero-order valence-electron chi connectivity index (χ0n) is 14.5. The zero-order valence-corrected chi connectivity index (χ0v) is 15.3. The van der Waals surface area contributed by atoms with Gasteiger partial charge in [-0.25, -0.2) is 8.42 Å². The van der Waals surface area contributed by atoms with Crippen LogP contribution >= 0.6 is 0 Å². The topological polar surface area (TPSA) is 46.6 Å². The number of nitrogens with zero attached hydrogens (tertiary/aromatic N) is 1. The van der Waals surface area contributed by atoms with Gasteiger partial charge in [-0.15, -0.1) is 0 Å². The lowest BCUT2D eigenvalue weighted by atomic mass is 10.0. The van der Waals surface area contributed by atoms with Gasteiger partial charge >= 0.3 is 0 Å². The predicted octanol–water partition coefficient (Wildman–Crippen LogP) is 3.96. The van der Waals surface area contributed by atoms with E-state index in [1.165, 1.54) is 0 Å². The molecule has 2 aromatic rings. The maximum absolute atomic E-state index is 13.3. The average molecular weight is 345 g/mol. The fourth-order valence-electron chi connectivity index (χ4n) is 3.34. The first kappa shape index (κ1) is 16.8. The molecule has 0 saturated carbocycles. The summed E-state index contributed by atoms with van der Waals surface area (Å²) < 4.78 is 33.5. The lowest BCUT2D eigenvalue weighted by Crippen LogP contribution is -2.35. The number of para-hydroxylation sites is 1. The maximum Gasteiger partial charge on any atom is 0.264 e. The molecule has 0 aromatic heterocycles. The number of anilines is 1. The Morgan fingerprint density at radius 3 is 2.54 bits per heavy atom. The monoisotopic (exact) mass is 345 g/mol. The van der Waals surface area contributed by atoms with Crippen LogP contribution in [0.25, 0.3) is 0 Å². The van der Waals surface area contributed by atoms with Crippen molar-refractivity contribution >= 4 is 15.7 Å². The Morgan fingerprint density at radius 1 is 1.17 bits per heavy atom. The summed E-state index contributed by atoms with van der Waals surface area (Å²) in [6.07, 6.45) is 0.739. The normalized spacial score (nSPS) is 17.2. The fraction of sp³-hybridized carbons (Fsp3) is 0.368. The van der Waals surface area contributed by atoms with Gasteiger partial charge in [-0.1, -0.05) is 32.0 Å². The third-order valence-corrected chi connectivity index (χ3v) is 6.45. The predicted molar refractivity (Wildman–Crippen MR) is 96.4 cm³/mol. The summed E-state index contributed by atoms with van der Waals surface area (Å²) in [5.41, 5.74) is 2.76. The SMILES string of the molecule is COc1ccc(S(=O)(=O)N2c3ccccc3CC2C)cc1C(C)C. The van der Waals surface area contributed by atoms with Gasteiger partial charge in [0.1, 0.15) is 5.75 Å². The van der Waals surface area contributed by atoms with E-state index in [1.807, 2.05) is 45.0 Å². The summed E-state index contributed by atoms with van der Waals surface area (Å²) >= 11 is 0. The third kappa shape index (κ3) is 2.67. The highest BCUT2D eigenvalue weighted by Crippen LogP contribution is 2.38. The molecule has 0 amide bonds. The summed E-state index contributed by atoms with van der Waals surface area (Å²) in [6.45, 7) is 6.01. The van der Waals surface area contributed by atoms with Gasteiger partial charge in [0, 0.05) is 6.04 Å². The minimum Gasteiger partial charge on any atom is -0.496 e. The van der Waals surface area contributed by atoms with Gasteiger partial charge < -0.3 is 4.74 Å². The molecule has 0 radical (unpaired) electrons. The van der Waals surface area contributed by atoms with Gasteiger partial charge in [0.25, 0.3) is 10.0 Å². The van der Waals surface area contributed by atoms with Crippen molar-refractivity contribution in [3.05, 3.63) is 53.6 Å². The van der Waals surface area contributed by atoms with Crippen LogP contribution in [0, 0.1) is 0 Å². The van der Waals surface area contributed by atoms with Gasteiger partial charge in [0.2, 0.25) is 0 Å². The zero-order chi connectivity index (χ0) is 17.5. The third-order valence-electron chi connectivity index (χ3n) is 4.52. The van der Waals surface area contributed by atoms with Crippen LogP contribution in [-0.2, 0) is 16.4 Å². The number of ether oxygens (including phenoxy) is 1. The molecule has 0 spiro atoms. The highest BCUT2D eigenvalue weighted by Gasteiger charge is 2.36. The Hall–Kier alpha value is -2.01. The first-order valence-corrected chi connectivity index (χ1v) is 9.60. The van der Waals surface area contributed by atoms with Crippen molar-refractivity contribution in [1.29, 1.82) is 0 Å². The molecule has 0 N–H and O–H groups in total. The number of rotatable bonds is 4. The van der Waals surface area contributed by atoms with Gasteiger partial charge in [-0.05, 0) is 54.7 Å². The van der Waals surface area contributed by atoms with Gasteiger partial charge in [-0.2, -0.15) is 0 Å². The molecule has 0 aliphatic carbocycles. The highest BCUT2D eigenvalue weighted by molar-refractivity contribution is 7.92. The van der Waals surface area contributed by atoms with Crippen molar-refractivity contribution in [1.82, 2.24) is 0 Å². The number of methoxy groups -OCH3 is 1. The minimum atomic E-state index is -3.60. The smallest absolute Gasteiger partial charge is 0.264 e. The first-order valence-electron chi connectivity index (χ1n) is 8.16. The summed E-state index contributed by atoms with van der Waals surface area (Å²) in [4.78, 5) is 0.315. The number of hydrogen-bond acceptors (Lipinski definition) is 3. The Bertz CT molecular complexity index is 859. The molecule has 0 bridgehead atoms. The van der Waals surface area contributed by atoms with Crippen molar-refractivity contribution in [3.63, 3.8) is 0 Å². The van der Waals surface area contributed by atoms with E-state index < -0.39 is 10.0 Å². The van der Waals surface area contributed by atoms with Gasteiger partial charge in [0.15, 0.2) is 0 Å². The Morgan fingerprint density at radius 2 is 1.88 bits per heavy atom. The van der Waals surface area contributed by atoms with Gasteiger partial charge in [-0.3, -0.25) is 4.31 Å². The Labute approximate surface area is 144 Å². The van der Waals surface area contributed by atoms with Crippen LogP contribution in [0.3, 0.4) is 0 Å². The molecular formula is C19H23NO3S. The van der Waals surface area contributed by atoms with Crippen molar-refractivity contribution in [2.45, 2.75) is 44.0 Å². The molecule has 5 heteroatoms. The molecule has 128 valence electrons. The number of hydrogen-bond donors (Lipinski definition) is 0. The summed E-state index contributed by atoms with van der Waals surface area (Å²) in [5, 5.41) is 0. The van der Waals surface area contributed by atoms with Crippen LogP contribution in [0.2, 0.25) is 0 Å². The van der Waals surface area contributed by atoms with Crippen molar-refractivity contribution in [2.75, 3.05) is 11.4 Å². The van der Waals surface area contributed by atoms with E-state index in [0.29, 0.717) is 4.90 Å². The standard InChI is InChI=1S/C19H23NO3S/c1-13(2)17-12-16(9-10-19(17)23-4)24(21,22)20-14(3)11-15-7-5-6-8-18(15)20/h5-10,12-14H,11H2,1-4H3. The molecule has 24 heavy (non-hydrogen) atoms. The van der Waals surface area contributed by atoms with Crippen LogP contribution in [0.15, 0.2) is 47.4 Å². The molecule has 1 aliphatic heterocycles. The summed E-state index contributed by atoms with van der Waals surface area (Å²) in [7, 11) is -2.00. The number of benzene rings is 2. The van der Waals surface area contributed by atoms with Crippen molar-refractivity contribution in [2.24, 2.45) is 0 Å². The van der Waals surface area contributed by atoms with Crippen molar-refractivity contribution < 1.29 is 13.2 Å². The van der Waals surface area contributed by atoms with Crippen LogP contribution in [0.5, 0.6) is 5.75 Å². The number of sulfonamides is 1. The summed E-state index contributed by atoms with van der Waals surface area (Å²) in [6, 6.07) is 12.7. The second-order valence-electron chi connectivity index (χ2n) is 6.54. The van der Waals surface area contributed by atoms with Crippen molar-refractivity contribution in [3.8, 4) is 5.75 Å². The number of fused-ring (bicyclic) bond motifs is 1. The van der Waals surface area contributed by atoms with E-state index in [4.69, 9.17) is 4.74 Å². The van der Waals surface area contributed by atoms with Gasteiger partial charge in [0.05, 0.1) is 17.7 Å². The first-order chi connectivity index (χ1) is 11.4. The highest BCUT2D eigenvalue weighted by atomic mass is 32.2. The molecule has 0 fully saturated rings. The Kier molecular flexibility index (Phi) is 4.30. The Balaban J connectivity index is 2.11. The van der Waals surface area contributed by atoms with E-state index in [9.17, 15) is 8.42 Å². The average Bonchev–Trinajstić information content (AvgIpc) is 2.90. The molecule has 1 aliphatic rings. The molecule has 0 saturated heterocycles. The fourth-order valence-corrected chi connectivity index (χ4v) is 5.07. The van der Waals surface area contributed by atoms with E-state index in [0.717, 1.165) is 29.0 Å². The molecular weight excluding hydrogens is 322 g/mol. The molecule has 1 atom stereocenters. The molecule has 1 heterocycles. The quantitative estimate of drug-likeness (QED) is 0.843. The summed E-state index contributed by atoms with van der Waals surface area (Å²) in [5.74, 6) is 0.900. The van der Waals surface area contributed by atoms with Crippen LogP contribution in [-0.4, -0.2) is 21.6 Å². The van der Waals surface area contributed by atoms with Crippen LogP contribution in [0.1, 0.15) is 37.8 Å². The minimum absolute atomic E-state index is 0.0861. The molecule has 2 aromatic carbocycles. The van der Waals surface area contributed by atoms with E-state index in [1.54, 1.807) is 29.6 Å². The second-order valence-corrected chi connectivity index (χ2v) is 8.36. The van der Waals surface area contributed by atoms with E-state index in [-0.39, 0.29) is 12.0 Å². The lowest BCUT2D eigenvalue weighted by Gasteiger charge is -2.25. The lowest BCUT2D eigenvalue weighted by molar-refractivity contribution is 0.407. The largest absolute Gasteiger partial charge is 0.496 e. The molecule has 3 rings (SSSR count). The second kappa shape index (κ2) is 6.13. The van der Waals surface area contributed by atoms with Crippen LogP contribution in [0.4, 0.5) is 5.69 Å². The van der Waals surface area contributed by atoms with Crippen LogP contribution < -0.4 is 9.04 Å². The maximum atomic E-state index is 13.3.